The maximum Gasteiger partial charge on any atom is 0.0842 e. The second-order valence-corrected chi connectivity index (χ2v) is 6.01. The maximum atomic E-state index is 9.60. The van der Waals surface area contributed by atoms with Gasteiger partial charge in [-0.2, -0.15) is 0 Å². The Hall–Kier alpha value is -2.19. The molecule has 2 aromatic rings. The van der Waals surface area contributed by atoms with Gasteiger partial charge < -0.3 is 5.11 Å². The Balaban J connectivity index is 0.000000164. The summed E-state index contributed by atoms with van der Waals surface area (Å²) in [4.78, 5) is 3.97. The Labute approximate surface area is 132 Å². The van der Waals surface area contributed by atoms with Crippen molar-refractivity contribution in [3.63, 3.8) is 0 Å². The fourth-order valence-corrected chi connectivity index (χ4v) is 2.76. The first-order valence-corrected chi connectivity index (χ1v) is 7.51. The Kier molecular flexibility index (Phi) is 5.29. The molecular weight excluding hydrogens is 270 g/mol. The van der Waals surface area contributed by atoms with E-state index in [0.29, 0.717) is 0 Å². The van der Waals surface area contributed by atoms with Crippen molar-refractivity contribution in [1.29, 1.82) is 0 Å². The minimum Gasteiger partial charge on any atom is -0.386 e. The summed E-state index contributed by atoms with van der Waals surface area (Å²) in [5.74, 6) is 0. The Morgan fingerprint density at radius 2 is 1.55 bits per heavy atom. The highest BCUT2D eigenvalue weighted by atomic mass is 16.3. The number of hydrogen-bond acceptors (Lipinski definition) is 2. The molecule has 3 rings (SSSR count). The van der Waals surface area contributed by atoms with Crippen LogP contribution in [0.1, 0.15) is 27.2 Å². The van der Waals surface area contributed by atoms with Gasteiger partial charge in [0.25, 0.3) is 0 Å². The van der Waals surface area contributed by atoms with Gasteiger partial charge in [0, 0.05) is 18.8 Å². The molecule has 0 saturated carbocycles. The third-order valence-corrected chi connectivity index (χ3v) is 3.44. The van der Waals surface area contributed by atoms with Gasteiger partial charge in [0.15, 0.2) is 0 Å². The molecule has 1 unspecified atom stereocenters. The van der Waals surface area contributed by atoms with E-state index < -0.39 is 5.60 Å². The molecule has 0 aliphatic heterocycles. The number of aliphatic hydroxyl groups is 1. The summed E-state index contributed by atoms with van der Waals surface area (Å²) < 4.78 is 0. The van der Waals surface area contributed by atoms with Crippen molar-refractivity contribution in [3.05, 3.63) is 78.2 Å². The molecule has 1 heterocycles. The molecule has 2 heteroatoms. The fourth-order valence-electron chi connectivity index (χ4n) is 2.76. The summed E-state index contributed by atoms with van der Waals surface area (Å²) in [5, 5.41) is 9.60. The fraction of sp³-hybridized carbons (Fsp3) is 0.250. The number of rotatable bonds is 1. The highest BCUT2D eigenvalue weighted by Gasteiger charge is 2.20. The number of aromatic nitrogens is 1. The van der Waals surface area contributed by atoms with Gasteiger partial charge in [0.2, 0.25) is 0 Å². The van der Waals surface area contributed by atoms with E-state index in [0.717, 1.165) is 12.0 Å². The standard InChI is InChI=1S/C11H9N.C9H14O/c1-2-4-10(5-3-1)11-6-8-12-9-7-11;1-7-4-8(2)6-9(3,10)5-7/h1-9H;4-5,10H,6H2,1-3H3. The van der Waals surface area contributed by atoms with Crippen molar-refractivity contribution in [1.82, 2.24) is 4.98 Å². The molecule has 0 radical (unpaired) electrons. The second-order valence-electron chi connectivity index (χ2n) is 6.01. The lowest BCUT2D eigenvalue weighted by molar-refractivity contribution is 0.110. The minimum absolute atomic E-state index is 0.608. The summed E-state index contributed by atoms with van der Waals surface area (Å²) in [7, 11) is 0. The van der Waals surface area contributed by atoms with Crippen LogP contribution in [0.15, 0.2) is 78.2 Å². The quantitative estimate of drug-likeness (QED) is 0.820. The first-order valence-electron chi connectivity index (χ1n) is 7.51. The maximum absolute atomic E-state index is 9.60. The lowest BCUT2D eigenvalue weighted by atomic mass is 9.89. The van der Waals surface area contributed by atoms with Gasteiger partial charge in [-0.3, -0.25) is 4.98 Å². The van der Waals surface area contributed by atoms with Crippen LogP contribution in [-0.2, 0) is 0 Å². The summed E-state index contributed by atoms with van der Waals surface area (Å²) in [5.41, 5.74) is 4.26. The van der Waals surface area contributed by atoms with Crippen LogP contribution in [-0.4, -0.2) is 15.7 Å². The van der Waals surface area contributed by atoms with Gasteiger partial charge in [0.05, 0.1) is 5.60 Å². The molecule has 0 amide bonds. The van der Waals surface area contributed by atoms with E-state index in [9.17, 15) is 5.11 Å². The number of benzene rings is 1. The highest BCUT2D eigenvalue weighted by Crippen LogP contribution is 2.25. The van der Waals surface area contributed by atoms with Crippen LogP contribution in [0.4, 0.5) is 0 Å². The van der Waals surface area contributed by atoms with Gasteiger partial charge in [-0.05, 0) is 44.0 Å². The van der Waals surface area contributed by atoms with Gasteiger partial charge in [-0.25, -0.2) is 0 Å². The zero-order valence-electron chi connectivity index (χ0n) is 13.5. The van der Waals surface area contributed by atoms with Crippen molar-refractivity contribution in [2.24, 2.45) is 0 Å². The van der Waals surface area contributed by atoms with Gasteiger partial charge in [-0.15, -0.1) is 0 Å². The van der Waals surface area contributed by atoms with Gasteiger partial charge >= 0.3 is 0 Å². The zero-order valence-corrected chi connectivity index (χ0v) is 13.5. The topological polar surface area (TPSA) is 33.1 Å². The molecule has 2 nitrogen and oxygen atoms in total. The zero-order chi connectivity index (χ0) is 16.0. The number of nitrogens with zero attached hydrogens (tertiary/aromatic N) is 1. The molecule has 1 aliphatic carbocycles. The Bertz CT molecular complexity index is 617. The summed E-state index contributed by atoms with van der Waals surface area (Å²) in [6.45, 7) is 5.90. The van der Waals surface area contributed by atoms with E-state index in [1.54, 1.807) is 0 Å². The van der Waals surface area contributed by atoms with Crippen LogP contribution >= 0.6 is 0 Å². The molecule has 22 heavy (non-hydrogen) atoms. The molecule has 114 valence electrons. The molecule has 0 spiro atoms. The van der Waals surface area contributed by atoms with E-state index in [4.69, 9.17) is 0 Å². The van der Waals surface area contributed by atoms with E-state index in [2.05, 4.69) is 23.2 Å². The Morgan fingerprint density at radius 1 is 0.955 bits per heavy atom. The second kappa shape index (κ2) is 7.19. The molecular formula is C20H23NO. The van der Waals surface area contributed by atoms with Crippen LogP contribution in [0.5, 0.6) is 0 Å². The van der Waals surface area contributed by atoms with Gasteiger partial charge in [0.1, 0.15) is 0 Å². The molecule has 0 bridgehead atoms. The van der Waals surface area contributed by atoms with Crippen molar-refractivity contribution >= 4 is 0 Å². The smallest absolute Gasteiger partial charge is 0.0842 e. The van der Waals surface area contributed by atoms with Crippen LogP contribution in [0, 0.1) is 0 Å². The molecule has 1 aromatic carbocycles. The SMILES string of the molecule is CC1=CC(C)(O)CC(C)=C1.c1ccc(-c2ccncc2)cc1. The first kappa shape index (κ1) is 16.2. The molecule has 1 aromatic heterocycles. The van der Waals surface area contributed by atoms with Gasteiger partial charge in [-0.1, -0.05) is 53.6 Å². The predicted octanol–water partition coefficient (Wildman–Crippen LogP) is 4.78. The highest BCUT2D eigenvalue weighted by molar-refractivity contribution is 5.62. The number of hydrogen-bond donors (Lipinski definition) is 1. The average Bonchev–Trinajstić information content (AvgIpc) is 2.47. The predicted molar refractivity (Wildman–Crippen MR) is 92.4 cm³/mol. The van der Waals surface area contributed by atoms with Crippen LogP contribution in [0.2, 0.25) is 0 Å². The largest absolute Gasteiger partial charge is 0.386 e. The monoisotopic (exact) mass is 293 g/mol. The van der Waals surface area contributed by atoms with Crippen LogP contribution in [0.3, 0.4) is 0 Å². The van der Waals surface area contributed by atoms with Crippen molar-refractivity contribution in [3.8, 4) is 11.1 Å². The molecule has 0 saturated heterocycles. The minimum atomic E-state index is -0.608. The molecule has 1 aliphatic rings. The number of allylic oxidation sites excluding steroid dienone is 2. The summed E-state index contributed by atoms with van der Waals surface area (Å²) in [6.07, 6.45) is 8.40. The first-order chi connectivity index (χ1) is 10.5. The molecule has 1 N–H and O–H groups in total. The van der Waals surface area contributed by atoms with Crippen molar-refractivity contribution in [2.75, 3.05) is 0 Å². The third-order valence-electron chi connectivity index (χ3n) is 3.44. The van der Waals surface area contributed by atoms with Crippen LogP contribution < -0.4 is 0 Å². The van der Waals surface area contributed by atoms with E-state index >= 15 is 0 Å². The van der Waals surface area contributed by atoms with E-state index in [-0.39, 0.29) is 0 Å². The average molecular weight is 293 g/mol. The summed E-state index contributed by atoms with van der Waals surface area (Å²) in [6, 6.07) is 14.3. The summed E-state index contributed by atoms with van der Waals surface area (Å²) >= 11 is 0. The van der Waals surface area contributed by atoms with Crippen molar-refractivity contribution in [2.45, 2.75) is 32.8 Å². The molecule has 0 fully saturated rings. The third kappa shape index (κ3) is 4.97. The molecule has 1 atom stereocenters. The van der Waals surface area contributed by atoms with Crippen LogP contribution in [0.25, 0.3) is 11.1 Å². The lowest BCUT2D eigenvalue weighted by Crippen LogP contribution is -2.23. The normalized spacial score (nSPS) is 20.4. The lowest BCUT2D eigenvalue weighted by Gasteiger charge is -2.23. The van der Waals surface area contributed by atoms with E-state index in [1.165, 1.54) is 16.7 Å². The Morgan fingerprint density at radius 3 is 2.09 bits per heavy atom. The number of pyridine rings is 1. The van der Waals surface area contributed by atoms with Crippen molar-refractivity contribution < 1.29 is 5.11 Å². The van der Waals surface area contributed by atoms with E-state index in [1.807, 2.05) is 69.6 Å².